The predicted molar refractivity (Wildman–Crippen MR) is 118 cm³/mol. The molecule has 0 saturated heterocycles. The molecule has 1 unspecified atom stereocenters. The molecule has 150 valence electrons. The van der Waals surface area contributed by atoms with Crippen LogP contribution < -0.4 is 0 Å². The molecule has 4 nitrogen and oxygen atoms in total. The van der Waals surface area contributed by atoms with Gasteiger partial charge in [-0.25, -0.2) is 4.79 Å². The Morgan fingerprint density at radius 3 is 2.97 bits per heavy atom. The second kappa shape index (κ2) is 8.66. The summed E-state index contributed by atoms with van der Waals surface area (Å²) in [5, 5.41) is 1.33. The van der Waals surface area contributed by atoms with Gasteiger partial charge in [0.25, 0.3) is 0 Å². The third kappa shape index (κ3) is 4.13. The number of aromatic nitrogens is 1. The van der Waals surface area contributed by atoms with E-state index in [1.807, 2.05) is 6.08 Å². The first-order valence-electron chi connectivity index (χ1n) is 10.4. The van der Waals surface area contributed by atoms with E-state index in [1.54, 1.807) is 0 Å². The molecular formula is C25H28N2O2. The van der Waals surface area contributed by atoms with Crippen LogP contribution in [0.4, 0.5) is 0 Å². The number of ether oxygens (including phenoxy) is 1. The number of nitrogens with zero attached hydrogens (tertiary/aromatic N) is 1. The molecule has 1 atom stereocenters. The summed E-state index contributed by atoms with van der Waals surface area (Å²) in [7, 11) is 1.40. The maximum absolute atomic E-state index is 11.3. The summed E-state index contributed by atoms with van der Waals surface area (Å²) in [6, 6.07) is 15.5. The molecule has 29 heavy (non-hydrogen) atoms. The van der Waals surface area contributed by atoms with Crippen LogP contribution >= 0.6 is 0 Å². The molecule has 0 bridgehead atoms. The van der Waals surface area contributed by atoms with Crippen molar-refractivity contribution in [2.45, 2.75) is 32.2 Å². The number of aryl methyl sites for hydroxylation is 1. The van der Waals surface area contributed by atoms with Crippen LogP contribution in [0.25, 0.3) is 17.0 Å². The van der Waals surface area contributed by atoms with Crippen molar-refractivity contribution in [1.82, 2.24) is 9.88 Å². The zero-order chi connectivity index (χ0) is 20.2. The van der Waals surface area contributed by atoms with Gasteiger partial charge in [0.2, 0.25) is 0 Å². The molecular weight excluding hydrogens is 360 g/mol. The fourth-order valence-corrected chi connectivity index (χ4v) is 4.47. The number of aromatic amines is 1. The van der Waals surface area contributed by atoms with Gasteiger partial charge in [-0.2, -0.15) is 0 Å². The minimum absolute atomic E-state index is 0.321. The van der Waals surface area contributed by atoms with E-state index in [0.29, 0.717) is 6.04 Å². The molecule has 2 aromatic carbocycles. The van der Waals surface area contributed by atoms with Gasteiger partial charge >= 0.3 is 5.97 Å². The maximum atomic E-state index is 11.3. The Hall–Kier alpha value is -2.85. The molecule has 0 radical (unpaired) electrons. The smallest absolute Gasteiger partial charge is 0.330 e. The molecule has 0 amide bonds. The largest absolute Gasteiger partial charge is 0.466 e. The van der Waals surface area contributed by atoms with Crippen molar-refractivity contribution in [3.8, 4) is 0 Å². The highest BCUT2D eigenvalue weighted by molar-refractivity contribution is 5.87. The van der Waals surface area contributed by atoms with Crippen molar-refractivity contribution in [3.05, 3.63) is 77.0 Å². The number of likely N-dealkylation sites (N-methyl/N-ethyl adjacent to an activating group) is 1. The highest BCUT2D eigenvalue weighted by atomic mass is 16.5. The lowest BCUT2D eigenvalue weighted by Gasteiger charge is -2.28. The van der Waals surface area contributed by atoms with E-state index >= 15 is 0 Å². The van der Waals surface area contributed by atoms with Gasteiger partial charge in [0.15, 0.2) is 0 Å². The van der Waals surface area contributed by atoms with E-state index in [2.05, 4.69) is 70.2 Å². The maximum Gasteiger partial charge on any atom is 0.330 e. The number of para-hydroxylation sites is 1. The molecule has 1 N–H and O–H groups in total. The molecule has 0 fully saturated rings. The molecule has 1 heterocycles. The summed E-state index contributed by atoms with van der Waals surface area (Å²) < 4.78 is 4.68. The van der Waals surface area contributed by atoms with Crippen LogP contribution in [0.2, 0.25) is 0 Å². The van der Waals surface area contributed by atoms with Crippen molar-refractivity contribution in [2.75, 3.05) is 20.2 Å². The van der Waals surface area contributed by atoms with Gasteiger partial charge in [-0.3, -0.25) is 4.90 Å². The summed E-state index contributed by atoms with van der Waals surface area (Å²) in [5.41, 5.74) is 6.48. The van der Waals surface area contributed by atoms with Crippen LogP contribution in [0.15, 0.2) is 54.7 Å². The third-order valence-corrected chi connectivity index (χ3v) is 6.02. The van der Waals surface area contributed by atoms with E-state index in [4.69, 9.17) is 0 Å². The molecule has 4 heteroatoms. The monoisotopic (exact) mass is 388 g/mol. The SMILES string of the molecule is CCN(CCc1c[nH]c2ccccc12)C1CCc2cc(C=CC(=O)OC)ccc21. The first kappa shape index (κ1) is 19.5. The lowest BCUT2D eigenvalue weighted by Crippen LogP contribution is -2.29. The lowest BCUT2D eigenvalue weighted by atomic mass is 10.0. The van der Waals surface area contributed by atoms with E-state index in [0.717, 1.165) is 37.9 Å². The van der Waals surface area contributed by atoms with Crippen LogP contribution in [0.3, 0.4) is 0 Å². The molecule has 4 rings (SSSR count). The predicted octanol–water partition coefficient (Wildman–Crippen LogP) is 4.91. The summed E-state index contributed by atoms with van der Waals surface area (Å²) in [6.45, 7) is 4.34. The van der Waals surface area contributed by atoms with Crippen molar-refractivity contribution < 1.29 is 9.53 Å². The molecule has 0 aliphatic heterocycles. The molecule has 0 spiro atoms. The number of rotatable bonds is 7. The Bertz CT molecular complexity index is 1030. The number of esters is 1. The van der Waals surface area contributed by atoms with Gasteiger partial charge in [-0.15, -0.1) is 0 Å². The van der Waals surface area contributed by atoms with Gasteiger partial charge in [0.1, 0.15) is 0 Å². The number of methoxy groups -OCH3 is 1. The van der Waals surface area contributed by atoms with E-state index in [-0.39, 0.29) is 5.97 Å². The topological polar surface area (TPSA) is 45.3 Å². The Balaban J connectivity index is 1.47. The van der Waals surface area contributed by atoms with E-state index < -0.39 is 0 Å². The van der Waals surface area contributed by atoms with E-state index in [9.17, 15) is 4.79 Å². The van der Waals surface area contributed by atoms with Crippen LogP contribution in [0.1, 0.15) is 41.6 Å². The summed E-state index contributed by atoms with van der Waals surface area (Å²) >= 11 is 0. The normalized spacial score (nSPS) is 16.0. The number of fused-ring (bicyclic) bond motifs is 2. The van der Waals surface area contributed by atoms with Gasteiger partial charge in [-0.1, -0.05) is 43.3 Å². The van der Waals surface area contributed by atoms with Crippen LogP contribution in [0, 0.1) is 0 Å². The Morgan fingerprint density at radius 1 is 1.28 bits per heavy atom. The van der Waals surface area contributed by atoms with Crippen molar-refractivity contribution in [1.29, 1.82) is 0 Å². The summed E-state index contributed by atoms with van der Waals surface area (Å²) in [4.78, 5) is 17.3. The Labute approximate surface area is 172 Å². The third-order valence-electron chi connectivity index (χ3n) is 6.02. The molecule has 1 aliphatic carbocycles. The van der Waals surface area contributed by atoms with Gasteiger partial charge in [-0.05, 0) is 60.2 Å². The molecule has 1 aromatic heterocycles. The van der Waals surface area contributed by atoms with Crippen molar-refractivity contribution in [3.63, 3.8) is 0 Å². The van der Waals surface area contributed by atoms with Gasteiger partial charge in [0.05, 0.1) is 7.11 Å². The number of hydrogen-bond donors (Lipinski definition) is 1. The number of carbonyl (C=O) groups is 1. The van der Waals surface area contributed by atoms with Gasteiger partial charge < -0.3 is 9.72 Å². The number of carbonyl (C=O) groups excluding carboxylic acids is 1. The fraction of sp³-hybridized carbons (Fsp3) is 0.320. The quantitative estimate of drug-likeness (QED) is 0.462. The molecule has 3 aromatic rings. The molecule has 1 aliphatic rings. The fourth-order valence-electron chi connectivity index (χ4n) is 4.47. The standard InChI is InChI=1S/C25H28N2O2/c1-3-27(15-14-20-17-26-23-7-5-4-6-21(20)23)24-12-10-19-16-18(8-11-22(19)24)9-13-25(28)29-2/h4-9,11,13,16-17,24,26H,3,10,12,14-15H2,1-2H3. The minimum atomic E-state index is -0.321. The minimum Gasteiger partial charge on any atom is -0.466 e. The zero-order valence-corrected chi connectivity index (χ0v) is 17.2. The Morgan fingerprint density at radius 2 is 2.14 bits per heavy atom. The second-order valence-electron chi connectivity index (χ2n) is 7.61. The second-order valence-corrected chi connectivity index (χ2v) is 7.61. The lowest BCUT2D eigenvalue weighted by molar-refractivity contribution is -0.134. The van der Waals surface area contributed by atoms with E-state index in [1.165, 1.54) is 40.8 Å². The summed E-state index contributed by atoms with van der Waals surface area (Å²) in [5.74, 6) is -0.321. The number of hydrogen-bond acceptors (Lipinski definition) is 3. The highest BCUT2D eigenvalue weighted by Gasteiger charge is 2.27. The number of H-pyrrole nitrogens is 1. The average Bonchev–Trinajstić information content (AvgIpc) is 3.37. The average molecular weight is 389 g/mol. The highest BCUT2D eigenvalue weighted by Crippen LogP contribution is 2.36. The van der Waals surface area contributed by atoms with Gasteiger partial charge in [0, 0.05) is 35.8 Å². The molecule has 0 saturated carbocycles. The van der Waals surface area contributed by atoms with Crippen molar-refractivity contribution >= 4 is 22.9 Å². The first-order chi connectivity index (χ1) is 14.2. The van der Waals surface area contributed by atoms with Crippen LogP contribution in [-0.2, 0) is 22.4 Å². The van der Waals surface area contributed by atoms with Crippen LogP contribution in [-0.4, -0.2) is 36.1 Å². The first-order valence-corrected chi connectivity index (χ1v) is 10.4. The number of nitrogens with one attached hydrogen (secondary N) is 1. The van der Waals surface area contributed by atoms with Crippen molar-refractivity contribution in [2.24, 2.45) is 0 Å². The zero-order valence-electron chi connectivity index (χ0n) is 17.2. The summed E-state index contributed by atoms with van der Waals surface area (Å²) in [6.07, 6.45) is 8.75. The Kier molecular flexibility index (Phi) is 5.81. The van der Waals surface area contributed by atoms with Crippen LogP contribution in [0.5, 0.6) is 0 Å². The number of benzene rings is 2.